The summed E-state index contributed by atoms with van der Waals surface area (Å²) in [6.45, 7) is 2.15. The third-order valence-electron chi connectivity index (χ3n) is 3.92. The average Bonchev–Trinajstić information content (AvgIpc) is 2.41. The first-order valence-electron chi connectivity index (χ1n) is 6.72. The summed E-state index contributed by atoms with van der Waals surface area (Å²) in [6.07, 6.45) is 5.13. The van der Waals surface area contributed by atoms with Crippen LogP contribution < -0.4 is 5.73 Å². The van der Waals surface area contributed by atoms with Gasteiger partial charge in [-0.1, -0.05) is 24.3 Å². The van der Waals surface area contributed by atoms with Crippen LogP contribution in [-0.2, 0) is 12.8 Å². The Bertz CT molecular complexity index is 584. The number of hydrogen-bond donors (Lipinski definition) is 1. The maximum Gasteiger partial charge on any atom is 0.0320 e. The summed E-state index contributed by atoms with van der Waals surface area (Å²) >= 11 is 0. The molecule has 1 heteroatoms. The van der Waals surface area contributed by atoms with Crippen molar-refractivity contribution in [3.8, 4) is 11.1 Å². The molecular weight excluding hydrogens is 218 g/mol. The van der Waals surface area contributed by atoms with Crippen LogP contribution in [0.3, 0.4) is 0 Å². The highest BCUT2D eigenvalue weighted by Crippen LogP contribution is 2.30. The van der Waals surface area contributed by atoms with Crippen molar-refractivity contribution in [2.45, 2.75) is 32.6 Å². The van der Waals surface area contributed by atoms with Crippen molar-refractivity contribution in [1.29, 1.82) is 0 Å². The largest absolute Gasteiger partial charge is 0.399 e. The zero-order valence-corrected chi connectivity index (χ0v) is 10.9. The zero-order valence-electron chi connectivity index (χ0n) is 10.9. The Morgan fingerprint density at radius 3 is 2.50 bits per heavy atom. The second-order valence-electron chi connectivity index (χ2n) is 5.26. The van der Waals surface area contributed by atoms with Gasteiger partial charge in [0.15, 0.2) is 0 Å². The normalized spacial score (nSPS) is 14.3. The van der Waals surface area contributed by atoms with E-state index in [9.17, 15) is 0 Å². The predicted octanol–water partition coefficient (Wildman–Crippen LogP) is 4.12. The first-order chi connectivity index (χ1) is 8.74. The topological polar surface area (TPSA) is 26.0 Å². The lowest BCUT2D eigenvalue weighted by Crippen LogP contribution is -2.02. The van der Waals surface area contributed by atoms with Crippen molar-refractivity contribution < 1.29 is 0 Å². The summed E-state index contributed by atoms with van der Waals surface area (Å²) in [7, 11) is 0. The Morgan fingerprint density at radius 2 is 1.67 bits per heavy atom. The molecule has 2 aromatic carbocycles. The molecule has 2 aromatic rings. The van der Waals surface area contributed by atoms with Crippen LogP contribution in [0, 0.1) is 6.92 Å². The fourth-order valence-electron chi connectivity index (χ4n) is 2.85. The molecule has 3 rings (SSSR count). The summed E-state index contributed by atoms with van der Waals surface area (Å²) in [5, 5.41) is 0. The van der Waals surface area contributed by atoms with E-state index in [1.165, 1.54) is 53.5 Å². The monoisotopic (exact) mass is 237 g/mol. The fourth-order valence-corrected chi connectivity index (χ4v) is 2.85. The summed E-state index contributed by atoms with van der Waals surface area (Å²) in [5.74, 6) is 0. The van der Waals surface area contributed by atoms with Crippen molar-refractivity contribution in [1.82, 2.24) is 0 Å². The van der Waals surface area contributed by atoms with Crippen LogP contribution >= 0.6 is 0 Å². The van der Waals surface area contributed by atoms with E-state index >= 15 is 0 Å². The van der Waals surface area contributed by atoms with E-state index in [0.29, 0.717) is 0 Å². The Hall–Kier alpha value is -1.76. The summed E-state index contributed by atoms with van der Waals surface area (Å²) in [6, 6.07) is 13.1. The molecular formula is C17H19N. The summed E-state index contributed by atoms with van der Waals surface area (Å²) in [4.78, 5) is 0. The smallest absolute Gasteiger partial charge is 0.0320 e. The van der Waals surface area contributed by atoms with Crippen LogP contribution in [0.4, 0.5) is 5.69 Å². The quantitative estimate of drug-likeness (QED) is 0.742. The van der Waals surface area contributed by atoms with Crippen LogP contribution in [0.2, 0.25) is 0 Å². The van der Waals surface area contributed by atoms with E-state index < -0.39 is 0 Å². The van der Waals surface area contributed by atoms with E-state index in [2.05, 4.69) is 37.3 Å². The van der Waals surface area contributed by atoms with Crippen LogP contribution in [-0.4, -0.2) is 0 Å². The first-order valence-corrected chi connectivity index (χ1v) is 6.72. The molecule has 0 aromatic heterocycles. The minimum absolute atomic E-state index is 0.841. The molecule has 0 unspecified atom stereocenters. The maximum atomic E-state index is 5.90. The second kappa shape index (κ2) is 4.49. The standard InChI is InChI=1S/C17H19N/c1-12-6-9-16(18)11-17(12)15-8-7-13-4-2-3-5-14(13)10-15/h6-11H,2-5,18H2,1H3. The van der Waals surface area contributed by atoms with Gasteiger partial charge in [0.2, 0.25) is 0 Å². The van der Waals surface area contributed by atoms with Crippen molar-refractivity contribution in [2.24, 2.45) is 0 Å². The average molecular weight is 237 g/mol. The lowest BCUT2D eigenvalue weighted by Gasteiger charge is -2.17. The van der Waals surface area contributed by atoms with Crippen molar-refractivity contribution in [3.63, 3.8) is 0 Å². The van der Waals surface area contributed by atoms with Gasteiger partial charge >= 0.3 is 0 Å². The molecule has 0 saturated heterocycles. The maximum absolute atomic E-state index is 5.90. The van der Waals surface area contributed by atoms with Crippen LogP contribution in [0.1, 0.15) is 29.5 Å². The molecule has 1 aliphatic carbocycles. The Balaban J connectivity index is 2.09. The summed E-state index contributed by atoms with van der Waals surface area (Å²) in [5.41, 5.74) is 13.7. The number of nitrogens with two attached hydrogens (primary N) is 1. The highest BCUT2D eigenvalue weighted by molar-refractivity contribution is 5.71. The molecule has 0 saturated carbocycles. The van der Waals surface area contributed by atoms with Gasteiger partial charge in [-0.3, -0.25) is 0 Å². The number of anilines is 1. The van der Waals surface area contributed by atoms with Gasteiger partial charge < -0.3 is 5.73 Å². The van der Waals surface area contributed by atoms with Gasteiger partial charge in [0.1, 0.15) is 0 Å². The number of hydrogen-bond acceptors (Lipinski definition) is 1. The van der Waals surface area contributed by atoms with Crippen molar-refractivity contribution in [3.05, 3.63) is 53.1 Å². The molecule has 0 aliphatic heterocycles. The Labute approximate surface area is 109 Å². The molecule has 0 heterocycles. The predicted molar refractivity (Wildman–Crippen MR) is 77.7 cm³/mol. The molecule has 18 heavy (non-hydrogen) atoms. The van der Waals surface area contributed by atoms with Gasteiger partial charge in [-0.25, -0.2) is 0 Å². The molecule has 92 valence electrons. The third-order valence-corrected chi connectivity index (χ3v) is 3.92. The van der Waals surface area contributed by atoms with Gasteiger partial charge in [-0.05, 0) is 72.6 Å². The van der Waals surface area contributed by atoms with Gasteiger partial charge in [0, 0.05) is 5.69 Å². The molecule has 0 bridgehead atoms. The highest BCUT2D eigenvalue weighted by atomic mass is 14.5. The van der Waals surface area contributed by atoms with Gasteiger partial charge in [0.05, 0.1) is 0 Å². The minimum Gasteiger partial charge on any atom is -0.399 e. The number of fused-ring (bicyclic) bond motifs is 1. The van der Waals surface area contributed by atoms with Crippen LogP contribution in [0.15, 0.2) is 36.4 Å². The lowest BCUT2D eigenvalue weighted by atomic mass is 9.88. The molecule has 0 atom stereocenters. The van der Waals surface area contributed by atoms with Gasteiger partial charge in [-0.2, -0.15) is 0 Å². The van der Waals surface area contributed by atoms with Crippen LogP contribution in [0.25, 0.3) is 11.1 Å². The molecule has 0 fully saturated rings. The molecule has 2 N–H and O–H groups in total. The first kappa shape index (κ1) is 11.3. The summed E-state index contributed by atoms with van der Waals surface area (Å²) < 4.78 is 0. The SMILES string of the molecule is Cc1ccc(N)cc1-c1ccc2c(c1)CCCC2. The number of rotatable bonds is 1. The molecule has 1 aliphatic rings. The van der Waals surface area contributed by atoms with E-state index in [-0.39, 0.29) is 0 Å². The van der Waals surface area contributed by atoms with Crippen molar-refractivity contribution >= 4 is 5.69 Å². The molecule has 0 spiro atoms. The van der Waals surface area contributed by atoms with E-state index in [0.717, 1.165) is 5.69 Å². The van der Waals surface area contributed by atoms with E-state index in [4.69, 9.17) is 5.73 Å². The van der Waals surface area contributed by atoms with E-state index in [1.807, 2.05) is 6.07 Å². The Morgan fingerprint density at radius 1 is 0.889 bits per heavy atom. The lowest BCUT2D eigenvalue weighted by molar-refractivity contribution is 0.686. The Kier molecular flexibility index (Phi) is 2.83. The fraction of sp³-hybridized carbons (Fsp3) is 0.294. The van der Waals surface area contributed by atoms with Crippen molar-refractivity contribution in [2.75, 3.05) is 5.73 Å². The highest BCUT2D eigenvalue weighted by Gasteiger charge is 2.11. The van der Waals surface area contributed by atoms with E-state index in [1.54, 1.807) is 0 Å². The second-order valence-corrected chi connectivity index (χ2v) is 5.26. The third kappa shape index (κ3) is 2.01. The van der Waals surface area contributed by atoms with Gasteiger partial charge in [0.25, 0.3) is 0 Å². The number of aryl methyl sites for hydroxylation is 3. The van der Waals surface area contributed by atoms with Crippen LogP contribution in [0.5, 0.6) is 0 Å². The molecule has 0 amide bonds. The molecule has 1 nitrogen and oxygen atoms in total. The number of nitrogen functional groups attached to an aromatic ring is 1. The zero-order chi connectivity index (χ0) is 12.5. The number of benzene rings is 2. The minimum atomic E-state index is 0.841. The molecule has 0 radical (unpaired) electrons. The van der Waals surface area contributed by atoms with Gasteiger partial charge in [-0.15, -0.1) is 0 Å².